The molecule has 250 valence electrons. The second-order valence-electron chi connectivity index (χ2n) is 13.2. The number of hydrogen-bond acceptors (Lipinski definition) is 12. The lowest BCUT2D eigenvalue weighted by Gasteiger charge is -2.60. The van der Waals surface area contributed by atoms with Gasteiger partial charge >= 0.3 is 5.97 Å². The summed E-state index contributed by atoms with van der Waals surface area (Å²) >= 11 is 0. The number of nitriles is 1. The average molecular weight is 665 g/mol. The van der Waals surface area contributed by atoms with Crippen LogP contribution in [0.15, 0.2) is 46.7 Å². The van der Waals surface area contributed by atoms with Crippen molar-refractivity contribution in [1.29, 1.82) is 5.26 Å². The molecule has 8 rings (SSSR count). The van der Waals surface area contributed by atoms with Crippen LogP contribution < -0.4 is 14.2 Å². The zero-order valence-electron chi connectivity index (χ0n) is 27.5. The average Bonchev–Trinajstić information content (AvgIpc) is 3.66. The molecule has 2 amide bonds. The minimum atomic E-state index is -0.847. The highest BCUT2D eigenvalue weighted by molar-refractivity contribution is 6.25. The van der Waals surface area contributed by atoms with E-state index in [1.165, 1.54) is 18.9 Å². The number of benzene rings is 2. The third kappa shape index (κ3) is 4.07. The van der Waals surface area contributed by atoms with Crippen LogP contribution in [0.2, 0.25) is 0 Å². The first-order chi connectivity index (χ1) is 23.5. The molecule has 1 saturated heterocycles. The normalized spacial score (nSPS) is 27.1. The van der Waals surface area contributed by atoms with Crippen molar-refractivity contribution in [3.63, 3.8) is 0 Å². The Kier molecular flexibility index (Phi) is 6.86. The maximum Gasteiger partial charge on any atom is 0.308 e. The molecule has 49 heavy (non-hydrogen) atoms. The Hall–Kier alpha value is -5.32. The van der Waals surface area contributed by atoms with E-state index >= 15 is 0 Å². The van der Waals surface area contributed by atoms with Crippen molar-refractivity contribution in [3.8, 4) is 23.3 Å². The number of allylic oxidation sites excluding steroid dienone is 2. The number of ether oxygens (including phenoxy) is 4. The van der Waals surface area contributed by atoms with Gasteiger partial charge in [0, 0.05) is 59.0 Å². The van der Waals surface area contributed by atoms with Crippen molar-refractivity contribution < 1.29 is 42.9 Å². The van der Waals surface area contributed by atoms with Gasteiger partial charge in [0.2, 0.25) is 12.6 Å². The molecule has 2 bridgehead atoms. The zero-order valence-corrected chi connectivity index (χ0v) is 27.5. The van der Waals surface area contributed by atoms with Crippen molar-refractivity contribution in [2.75, 3.05) is 27.5 Å². The molecule has 2 aromatic carbocycles. The molecule has 5 atom stereocenters. The van der Waals surface area contributed by atoms with Crippen LogP contribution in [0.25, 0.3) is 0 Å². The van der Waals surface area contributed by atoms with Gasteiger partial charge in [0.1, 0.15) is 11.8 Å². The van der Waals surface area contributed by atoms with Crippen molar-refractivity contribution in [2.24, 2.45) is 0 Å². The Morgan fingerprint density at radius 3 is 2.31 bits per heavy atom. The minimum absolute atomic E-state index is 0.0249. The second-order valence-corrected chi connectivity index (χ2v) is 13.2. The van der Waals surface area contributed by atoms with Crippen LogP contribution in [0.4, 0.5) is 0 Å². The third-order valence-corrected chi connectivity index (χ3v) is 10.9. The summed E-state index contributed by atoms with van der Waals surface area (Å²) in [6, 6.07) is 5.51. The highest BCUT2D eigenvalue weighted by atomic mass is 16.7. The molecular formula is C36H32N4O9. The van der Waals surface area contributed by atoms with Gasteiger partial charge in [-0.2, -0.15) is 5.26 Å². The lowest BCUT2D eigenvalue weighted by Crippen LogP contribution is -2.72. The number of Topliss-reactive ketones (excluding diaryl/α,β-unsaturated/α-hetero) is 2. The van der Waals surface area contributed by atoms with Gasteiger partial charge in [-0.15, -0.1) is 0 Å². The molecule has 0 radical (unpaired) electrons. The van der Waals surface area contributed by atoms with Crippen molar-refractivity contribution in [2.45, 2.75) is 63.8 Å². The number of amides is 2. The fourth-order valence-corrected chi connectivity index (χ4v) is 8.87. The Morgan fingerprint density at radius 2 is 1.67 bits per heavy atom. The Bertz CT molecular complexity index is 2020. The smallest absolute Gasteiger partial charge is 0.308 e. The molecule has 5 heterocycles. The number of esters is 1. The van der Waals surface area contributed by atoms with Gasteiger partial charge in [0.25, 0.3) is 11.8 Å². The molecule has 2 unspecified atom stereocenters. The van der Waals surface area contributed by atoms with E-state index in [0.29, 0.717) is 39.3 Å². The highest BCUT2D eigenvalue weighted by Crippen LogP contribution is 2.56. The van der Waals surface area contributed by atoms with E-state index in [2.05, 4.69) is 6.07 Å². The number of methoxy groups -OCH3 is 1. The maximum atomic E-state index is 14.1. The van der Waals surface area contributed by atoms with Crippen LogP contribution in [-0.2, 0) is 25.5 Å². The first-order valence-corrected chi connectivity index (χ1v) is 16.0. The van der Waals surface area contributed by atoms with Crippen molar-refractivity contribution >= 4 is 29.4 Å². The largest absolute Gasteiger partial charge is 0.492 e. The van der Waals surface area contributed by atoms with Gasteiger partial charge in [-0.05, 0) is 45.9 Å². The first-order valence-electron chi connectivity index (χ1n) is 16.0. The molecule has 5 aliphatic heterocycles. The summed E-state index contributed by atoms with van der Waals surface area (Å²) in [7, 11) is 3.19. The topological polar surface area (TPSA) is 156 Å². The van der Waals surface area contributed by atoms with Crippen molar-refractivity contribution in [1.82, 2.24) is 14.7 Å². The highest BCUT2D eigenvalue weighted by Gasteiger charge is 2.59. The molecule has 0 aromatic heterocycles. The van der Waals surface area contributed by atoms with Gasteiger partial charge in [0.15, 0.2) is 23.0 Å². The predicted molar refractivity (Wildman–Crippen MR) is 169 cm³/mol. The van der Waals surface area contributed by atoms with E-state index in [-0.39, 0.29) is 60.2 Å². The molecule has 13 heteroatoms. The van der Waals surface area contributed by atoms with E-state index < -0.39 is 53.8 Å². The number of hydrogen-bond donors (Lipinski definition) is 0. The Labute approximate surface area is 281 Å². The molecule has 13 nitrogen and oxygen atoms in total. The molecule has 2 aromatic rings. The van der Waals surface area contributed by atoms with Crippen LogP contribution in [-0.4, -0.2) is 95.7 Å². The quantitative estimate of drug-likeness (QED) is 0.204. The standard InChI is InChI=1S/C36H32N4O9/c1-15-29(42)20-10-22-24(12-37)40-23(28(38(22)4)27(20)30(43)32(15)46-5)11-21-26(34-33(47-14-48-34)16(2)31(21)49-17(3)41)25(40)13-39-35(44)18-8-6-7-9-19(18)36(39)45/h6-9,22-25,28H,10-11,13-14H2,1-5H3/t22-,23?,24?,25-,28-/m0/s1. The Morgan fingerprint density at radius 1 is 1.00 bits per heavy atom. The maximum absolute atomic E-state index is 14.1. The molecule has 0 saturated carbocycles. The lowest BCUT2D eigenvalue weighted by molar-refractivity contribution is -0.132. The van der Waals surface area contributed by atoms with Gasteiger partial charge < -0.3 is 18.9 Å². The monoisotopic (exact) mass is 664 g/mol. The van der Waals surface area contributed by atoms with E-state index in [0.717, 1.165) is 0 Å². The van der Waals surface area contributed by atoms with Gasteiger partial charge in [0.05, 0.1) is 36.4 Å². The summed E-state index contributed by atoms with van der Waals surface area (Å²) in [5.74, 6) is -1.23. The number of ketones is 2. The SMILES string of the molecule is COC1=C(C)C(=O)C2=C(C1=O)[C@@H]1C3Cc4c(OC(C)=O)c(C)c5c(c4[C@H](CN4C(=O)c6ccccc6C4=O)N3C(C#N)[C@H](C2)N1C)OCO5. The van der Waals surface area contributed by atoms with Crippen LogP contribution in [0, 0.1) is 18.3 Å². The van der Waals surface area contributed by atoms with E-state index in [1.54, 1.807) is 38.1 Å². The fourth-order valence-electron chi connectivity index (χ4n) is 8.87. The molecule has 1 aliphatic carbocycles. The van der Waals surface area contributed by atoms with Crippen LogP contribution in [0.3, 0.4) is 0 Å². The molecule has 0 spiro atoms. The molecule has 1 fully saturated rings. The summed E-state index contributed by atoms with van der Waals surface area (Å²) in [5.41, 5.74) is 3.07. The number of imide groups is 1. The summed E-state index contributed by atoms with van der Waals surface area (Å²) < 4.78 is 23.3. The second kappa shape index (κ2) is 10.8. The first kappa shape index (κ1) is 31.0. The number of likely N-dealkylation sites (N-methyl/N-ethyl adjacent to an activating group) is 1. The third-order valence-electron chi connectivity index (χ3n) is 10.9. The number of fused-ring (bicyclic) bond motifs is 9. The van der Waals surface area contributed by atoms with Gasteiger partial charge in [-0.1, -0.05) is 12.1 Å². The zero-order chi connectivity index (χ0) is 34.6. The minimum Gasteiger partial charge on any atom is -0.492 e. The Balaban J connectivity index is 1.37. The van der Waals surface area contributed by atoms with E-state index in [9.17, 15) is 29.2 Å². The summed E-state index contributed by atoms with van der Waals surface area (Å²) in [4.78, 5) is 73.2. The molecule has 6 aliphatic rings. The van der Waals surface area contributed by atoms with Crippen LogP contribution in [0.5, 0.6) is 17.2 Å². The number of nitrogens with zero attached hydrogens (tertiary/aromatic N) is 4. The van der Waals surface area contributed by atoms with Gasteiger partial charge in [-0.3, -0.25) is 38.7 Å². The number of piperazine rings is 1. The summed E-state index contributed by atoms with van der Waals surface area (Å²) in [6.07, 6.45) is 0.316. The summed E-state index contributed by atoms with van der Waals surface area (Å²) in [5, 5.41) is 10.9. The number of rotatable bonds is 4. The predicted octanol–water partition coefficient (Wildman–Crippen LogP) is 2.56. The van der Waals surface area contributed by atoms with Crippen LogP contribution >= 0.6 is 0 Å². The number of carbonyl (C=O) groups is 5. The van der Waals surface area contributed by atoms with Crippen molar-refractivity contribution in [3.05, 3.63) is 74.6 Å². The van der Waals surface area contributed by atoms with E-state index in [1.807, 2.05) is 16.8 Å². The lowest BCUT2D eigenvalue weighted by atomic mass is 9.68. The van der Waals surface area contributed by atoms with Crippen LogP contribution in [0.1, 0.15) is 63.7 Å². The summed E-state index contributed by atoms with van der Waals surface area (Å²) in [6.45, 7) is 4.33. The molecule has 0 N–H and O–H groups in total. The fraction of sp³-hybridized carbons (Fsp3) is 0.389. The van der Waals surface area contributed by atoms with E-state index in [4.69, 9.17) is 18.9 Å². The van der Waals surface area contributed by atoms with Gasteiger partial charge in [-0.25, -0.2) is 0 Å². The number of carbonyl (C=O) groups excluding carboxylic acids is 5. The molecular weight excluding hydrogens is 632 g/mol.